The van der Waals surface area contributed by atoms with E-state index >= 15 is 0 Å². The van der Waals surface area contributed by atoms with E-state index in [1.807, 2.05) is 0 Å². The third-order valence-corrected chi connectivity index (χ3v) is 9.84. The SMILES string of the molecule is COc1cc2c3c(c1OC)Oc1ccc(cc1)C[C@H]1c4c(cc(OC)c(OC)c4Oc4ccc(cc4)C[C@H]3N(C)CC2)CCN1C. The van der Waals surface area contributed by atoms with Gasteiger partial charge in [-0.05, 0) is 98.4 Å². The maximum Gasteiger partial charge on any atom is 0.204 e. The number of hydrogen-bond donors (Lipinski definition) is 0. The predicted octanol–water partition coefficient (Wildman–Crippen LogP) is 7.16. The van der Waals surface area contributed by atoms with Gasteiger partial charge in [0.1, 0.15) is 11.5 Å². The molecule has 0 radical (unpaired) electrons. The molecule has 0 N–H and O–H groups in total. The van der Waals surface area contributed by atoms with Crippen molar-refractivity contribution in [2.75, 3.05) is 55.6 Å². The Labute approximate surface area is 271 Å². The molecule has 0 unspecified atom stereocenters. The summed E-state index contributed by atoms with van der Waals surface area (Å²) in [5.41, 5.74) is 7.10. The van der Waals surface area contributed by atoms with Gasteiger partial charge in [-0.3, -0.25) is 9.80 Å². The molecule has 6 aliphatic heterocycles. The Kier molecular flexibility index (Phi) is 8.17. The van der Waals surface area contributed by atoms with Crippen LogP contribution in [0, 0.1) is 0 Å². The van der Waals surface area contributed by atoms with Gasteiger partial charge < -0.3 is 28.4 Å². The smallest absolute Gasteiger partial charge is 0.204 e. The standard InChI is InChI=1S/C38H42N2O6/c1-39-17-15-25-21-31(41-3)35(43-5)37-33(25)29(39)19-23-7-11-28(12-8-23)46-38-34-26(22-32(42-4)36(38)44-6)16-18-40(2)30(34)20-24-9-13-27(45-37)14-10-24/h7-14,21-22,29-30H,15-20H2,1-6H3/t29-,30+. The van der Waals surface area contributed by atoms with E-state index in [2.05, 4.69) is 84.6 Å². The zero-order valence-corrected chi connectivity index (χ0v) is 27.5. The number of ether oxygens (including phenoxy) is 6. The van der Waals surface area contributed by atoms with Crippen LogP contribution in [-0.4, -0.2) is 65.4 Å². The van der Waals surface area contributed by atoms with Crippen molar-refractivity contribution < 1.29 is 28.4 Å². The topological polar surface area (TPSA) is 61.9 Å². The zero-order valence-electron chi connectivity index (χ0n) is 27.5. The lowest BCUT2D eigenvalue weighted by Crippen LogP contribution is -2.34. The minimum absolute atomic E-state index is 0.0743. The number of nitrogens with zero attached hydrogens (tertiary/aromatic N) is 2. The van der Waals surface area contributed by atoms with Gasteiger partial charge in [0.25, 0.3) is 0 Å². The van der Waals surface area contributed by atoms with Gasteiger partial charge in [0.2, 0.25) is 11.5 Å². The molecule has 6 heterocycles. The van der Waals surface area contributed by atoms with Crippen LogP contribution in [0.2, 0.25) is 0 Å². The lowest BCUT2D eigenvalue weighted by atomic mass is 9.87. The van der Waals surface area contributed by atoms with Crippen LogP contribution in [-0.2, 0) is 25.7 Å². The van der Waals surface area contributed by atoms with Crippen LogP contribution >= 0.6 is 0 Å². The van der Waals surface area contributed by atoms with Crippen LogP contribution in [0.1, 0.15) is 45.5 Å². The Hall–Kier alpha value is -4.40. The van der Waals surface area contributed by atoms with Gasteiger partial charge in [-0.2, -0.15) is 0 Å². The molecule has 240 valence electrons. The van der Waals surface area contributed by atoms with E-state index in [9.17, 15) is 0 Å². The second-order valence-corrected chi connectivity index (χ2v) is 12.4. The van der Waals surface area contributed by atoms with Gasteiger partial charge in [-0.15, -0.1) is 0 Å². The van der Waals surface area contributed by atoms with Crippen molar-refractivity contribution in [2.45, 2.75) is 37.8 Å². The molecule has 0 aromatic heterocycles. The first-order valence-electron chi connectivity index (χ1n) is 15.9. The highest BCUT2D eigenvalue weighted by Gasteiger charge is 2.35. The fourth-order valence-electron chi connectivity index (χ4n) is 7.33. The fourth-order valence-corrected chi connectivity index (χ4v) is 7.33. The Bertz CT molecular complexity index is 1610. The molecule has 0 aliphatic carbocycles. The van der Waals surface area contributed by atoms with Crippen molar-refractivity contribution in [3.05, 3.63) is 94.0 Å². The fraction of sp³-hybridized carbons (Fsp3) is 0.368. The summed E-state index contributed by atoms with van der Waals surface area (Å²) in [6.07, 6.45) is 3.37. The van der Waals surface area contributed by atoms with Crippen LogP contribution in [0.3, 0.4) is 0 Å². The predicted molar refractivity (Wildman–Crippen MR) is 178 cm³/mol. The molecule has 0 saturated carbocycles. The van der Waals surface area contributed by atoms with Crippen LogP contribution in [0.15, 0.2) is 60.7 Å². The molecule has 0 saturated heterocycles. The van der Waals surface area contributed by atoms with E-state index in [1.165, 1.54) is 22.3 Å². The number of methoxy groups -OCH3 is 4. The van der Waals surface area contributed by atoms with E-state index in [1.54, 1.807) is 28.4 Å². The molecule has 10 rings (SSSR count). The zero-order chi connectivity index (χ0) is 31.9. The third kappa shape index (κ3) is 5.29. The summed E-state index contributed by atoms with van der Waals surface area (Å²) < 4.78 is 37.1. The lowest BCUT2D eigenvalue weighted by Gasteiger charge is -2.37. The van der Waals surface area contributed by atoms with Gasteiger partial charge in [0.05, 0.1) is 28.4 Å². The van der Waals surface area contributed by atoms with Crippen LogP contribution in [0.5, 0.6) is 46.0 Å². The van der Waals surface area contributed by atoms with Crippen molar-refractivity contribution >= 4 is 0 Å². The van der Waals surface area contributed by atoms with E-state index < -0.39 is 0 Å². The highest BCUT2D eigenvalue weighted by Crippen LogP contribution is 2.52. The summed E-state index contributed by atoms with van der Waals surface area (Å²) >= 11 is 0. The van der Waals surface area contributed by atoms with Crippen molar-refractivity contribution in [1.29, 1.82) is 0 Å². The molecule has 46 heavy (non-hydrogen) atoms. The van der Waals surface area contributed by atoms with Crippen molar-refractivity contribution in [1.82, 2.24) is 9.80 Å². The summed E-state index contributed by atoms with van der Waals surface area (Å²) in [6, 6.07) is 21.2. The Morgan fingerprint density at radius 2 is 0.957 bits per heavy atom. The minimum atomic E-state index is 0.0743. The molecule has 0 amide bonds. The van der Waals surface area contributed by atoms with Crippen molar-refractivity contribution in [3.8, 4) is 46.0 Å². The second-order valence-electron chi connectivity index (χ2n) is 12.4. The van der Waals surface area contributed by atoms with Crippen molar-refractivity contribution in [3.63, 3.8) is 0 Å². The molecule has 8 nitrogen and oxygen atoms in total. The van der Waals surface area contributed by atoms with E-state index in [-0.39, 0.29) is 12.1 Å². The summed E-state index contributed by atoms with van der Waals surface area (Å²) in [5, 5.41) is 0. The number of benzene rings is 4. The van der Waals surface area contributed by atoms with Crippen LogP contribution < -0.4 is 28.4 Å². The number of likely N-dealkylation sites (N-methyl/N-ethyl adjacent to an activating group) is 2. The summed E-state index contributed by atoms with van der Waals surface area (Å²) in [4.78, 5) is 4.80. The molecule has 0 spiro atoms. The monoisotopic (exact) mass is 622 g/mol. The van der Waals surface area contributed by atoms with Gasteiger partial charge >= 0.3 is 0 Å². The average Bonchev–Trinajstić information content (AvgIpc) is 3.07. The molecular weight excluding hydrogens is 580 g/mol. The maximum absolute atomic E-state index is 6.77. The van der Waals surface area contributed by atoms with Crippen LogP contribution in [0.25, 0.3) is 0 Å². The molecule has 4 aromatic rings. The van der Waals surface area contributed by atoms with Gasteiger partial charge in [0.15, 0.2) is 23.0 Å². The van der Waals surface area contributed by atoms with E-state index in [0.29, 0.717) is 34.5 Å². The molecule has 8 heteroatoms. The van der Waals surface area contributed by atoms with Gasteiger partial charge in [-0.25, -0.2) is 0 Å². The highest BCUT2D eigenvalue weighted by atomic mass is 16.5. The second kappa shape index (κ2) is 12.4. The summed E-state index contributed by atoms with van der Waals surface area (Å²) in [5.74, 6) is 5.53. The highest BCUT2D eigenvalue weighted by molar-refractivity contribution is 5.64. The quantitative estimate of drug-likeness (QED) is 0.238. The van der Waals surface area contributed by atoms with Gasteiger partial charge in [-0.1, -0.05) is 24.3 Å². The molecule has 4 aromatic carbocycles. The number of hydrogen-bond acceptors (Lipinski definition) is 8. The first-order chi connectivity index (χ1) is 22.4. The van der Waals surface area contributed by atoms with Gasteiger partial charge in [0, 0.05) is 36.3 Å². The summed E-state index contributed by atoms with van der Waals surface area (Å²) in [7, 11) is 11.1. The Morgan fingerprint density at radius 3 is 1.30 bits per heavy atom. The molecule has 6 aliphatic rings. The Morgan fingerprint density at radius 1 is 0.565 bits per heavy atom. The normalized spacial score (nSPS) is 19.2. The van der Waals surface area contributed by atoms with E-state index in [4.69, 9.17) is 28.4 Å². The maximum atomic E-state index is 6.77. The lowest BCUT2D eigenvalue weighted by molar-refractivity contribution is 0.220. The molecular formula is C38H42N2O6. The van der Waals surface area contributed by atoms with Crippen LogP contribution in [0.4, 0.5) is 0 Å². The molecule has 2 atom stereocenters. The third-order valence-electron chi connectivity index (χ3n) is 9.84. The Balaban J connectivity index is 1.41. The first kappa shape index (κ1) is 30.3. The van der Waals surface area contributed by atoms with E-state index in [0.717, 1.165) is 61.4 Å². The number of rotatable bonds is 4. The average molecular weight is 623 g/mol. The summed E-state index contributed by atoms with van der Waals surface area (Å²) in [6.45, 7) is 1.86. The largest absolute Gasteiger partial charge is 0.493 e. The minimum Gasteiger partial charge on any atom is -0.493 e. The molecule has 0 fully saturated rings. The first-order valence-corrected chi connectivity index (χ1v) is 15.9. The van der Waals surface area contributed by atoms with Crippen molar-refractivity contribution in [2.24, 2.45) is 0 Å². The molecule has 4 bridgehead atoms.